The Morgan fingerprint density at radius 3 is 2.33 bits per heavy atom. The number of rotatable bonds is 1. The van der Waals surface area contributed by atoms with E-state index in [-0.39, 0.29) is 0 Å². The molecule has 0 N–H and O–H groups in total. The summed E-state index contributed by atoms with van der Waals surface area (Å²) in [5, 5.41) is 0. The third kappa shape index (κ3) is 1.70. The molecule has 1 aliphatic carbocycles. The summed E-state index contributed by atoms with van der Waals surface area (Å²) < 4.78 is 0. The first kappa shape index (κ1) is 7.11. The van der Waals surface area contributed by atoms with Crippen molar-refractivity contribution >= 4 is 0 Å². The van der Waals surface area contributed by atoms with Gasteiger partial charge in [-0.05, 0) is 30.6 Å². The van der Waals surface area contributed by atoms with Gasteiger partial charge in [0.1, 0.15) is 0 Å². The minimum Gasteiger partial charge on any atom is -0.0651 e. The maximum atomic E-state index is 2.39. The molecule has 1 saturated carbocycles. The third-order valence-corrected chi connectivity index (χ3v) is 2.65. The molecule has 1 rings (SSSR count). The van der Waals surface area contributed by atoms with Gasteiger partial charge in [-0.2, -0.15) is 0 Å². The molecule has 0 amide bonds. The molecule has 0 heterocycles. The Morgan fingerprint density at radius 1 is 1.44 bits per heavy atom. The van der Waals surface area contributed by atoms with Gasteiger partial charge in [0, 0.05) is 0 Å². The molecule has 0 nitrogen and oxygen atoms in total. The zero-order valence-electron chi connectivity index (χ0n) is 6.91. The van der Waals surface area contributed by atoms with Gasteiger partial charge in [-0.1, -0.05) is 27.2 Å². The van der Waals surface area contributed by atoms with Crippen molar-refractivity contribution in [1.29, 1.82) is 0 Å². The predicted molar refractivity (Wildman–Crippen MR) is 41.4 cm³/mol. The fourth-order valence-corrected chi connectivity index (χ4v) is 1.93. The van der Waals surface area contributed by atoms with Crippen LogP contribution in [0.5, 0.6) is 0 Å². The summed E-state index contributed by atoms with van der Waals surface area (Å²) in [5.41, 5.74) is 0.667. The van der Waals surface area contributed by atoms with Gasteiger partial charge in [0.2, 0.25) is 0 Å². The summed E-state index contributed by atoms with van der Waals surface area (Å²) in [6.07, 6.45) is 5.78. The normalized spacial score (nSPS) is 33.0. The van der Waals surface area contributed by atoms with Crippen LogP contribution in [0.1, 0.15) is 46.5 Å². The Bertz CT molecular complexity index is 92.2. The monoisotopic (exact) mass is 126 g/mol. The summed E-state index contributed by atoms with van der Waals surface area (Å²) in [6, 6.07) is 0. The molecule has 1 aliphatic rings. The Morgan fingerprint density at radius 2 is 2.11 bits per heavy atom. The molecule has 0 bridgehead atoms. The van der Waals surface area contributed by atoms with Gasteiger partial charge in [-0.25, -0.2) is 0 Å². The Labute approximate surface area is 58.7 Å². The topological polar surface area (TPSA) is 0 Å². The van der Waals surface area contributed by atoms with E-state index in [4.69, 9.17) is 0 Å². The first-order valence-electron chi connectivity index (χ1n) is 4.14. The molecule has 1 unspecified atom stereocenters. The lowest BCUT2D eigenvalue weighted by Crippen LogP contribution is -2.04. The SMILES string of the molecule is CCC1CCC(C)(C)C1. The second-order valence-corrected chi connectivity index (χ2v) is 4.18. The van der Waals surface area contributed by atoms with Crippen molar-refractivity contribution in [2.45, 2.75) is 46.5 Å². The molecular formula is C9H18. The first-order valence-corrected chi connectivity index (χ1v) is 4.14. The summed E-state index contributed by atoms with van der Waals surface area (Å²) in [5.74, 6) is 1.04. The lowest BCUT2D eigenvalue weighted by atomic mass is 9.90. The molecular weight excluding hydrogens is 108 g/mol. The summed E-state index contributed by atoms with van der Waals surface area (Å²) >= 11 is 0. The van der Waals surface area contributed by atoms with Gasteiger partial charge in [0.15, 0.2) is 0 Å². The van der Waals surface area contributed by atoms with Crippen molar-refractivity contribution < 1.29 is 0 Å². The van der Waals surface area contributed by atoms with Crippen LogP contribution in [-0.2, 0) is 0 Å². The average molecular weight is 126 g/mol. The molecule has 9 heavy (non-hydrogen) atoms. The molecule has 1 atom stereocenters. The number of hydrogen-bond donors (Lipinski definition) is 0. The van der Waals surface area contributed by atoms with E-state index in [1.807, 2.05) is 0 Å². The van der Waals surface area contributed by atoms with E-state index in [2.05, 4.69) is 20.8 Å². The Kier molecular flexibility index (Phi) is 1.83. The van der Waals surface area contributed by atoms with Gasteiger partial charge >= 0.3 is 0 Å². The van der Waals surface area contributed by atoms with Gasteiger partial charge in [0.25, 0.3) is 0 Å². The van der Waals surface area contributed by atoms with E-state index < -0.39 is 0 Å². The predicted octanol–water partition coefficient (Wildman–Crippen LogP) is 3.22. The van der Waals surface area contributed by atoms with Crippen LogP contribution >= 0.6 is 0 Å². The molecule has 54 valence electrons. The van der Waals surface area contributed by atoms with Crippen LogP contribution in [0.4, 0.5) is 0 Å². The molecule has 0 saturated heterocycles. The van der Waals surface area contributed by atoms with Gasteiger partial charge in [-0.15, -0.1) is 0 Å². The van der Waals surface area contributed by atoms with Crippen molar-refractivity contribution in [2.75, 3.05) is 0 Å². The molecule has 0 spiro atoms. The van der Waals surface area contributed by atoms with E-state index in [0.717, 1.165) is 5.92 Å². The smallest absolute Gasteiger partial charge is 0.0351 e. The zero-order valence-corrected chi connectivity index (χ0v) is 6.91. The zero-order chi connectivity index (χ0) is 6.91. The summed E-state index contributed by atoms with van der Waals surface area (Å²) in [4.78, 5) is 0. The Balaban J connectivity index is 2.38. The Hall–Kier alpha value is 0. The van der Waals surface area contributed by atoms with Crippen molar-refractivity contribution in [3.05, 3.63) is 0 Å². The van der Waals surface area contributed by atoms with Gasteiger partial charge < -0.3 is 0 Å². The fraction of sp³-hybridized carbons (Fsp3) is 1.00. The van der Waals surface area contributed by atoms with Crippen LogP contribution in [0, 0.1) is 11.3 Å². The standard InChI is InChI=1S/C9H18/c1-4-8-5-6-9(2,3)7-8/h8H,4-7H2,1-3H3. The van der Waals surface area contributed by atoms with E-state index in [0.29, 0.717) is 5.41 Å². The molecule has 0 aromatic rings. The van der Waals surface area contributed by atoms with Crippen LogP contribution in [-0.4, -0.2) is 0 Å². The molecule has 0 heteroatoms. The molecule has 0 aromatic carbocycles. The van der Waals surface area contributed by atoms with Crippen LogP contribution < -0.4 is 0 Å². The second-order valence-electron chi connectivity index (χ2n) is 4.18. The largest absolute Gasteiger partial charge is 0.0651 e. The molecule has 0 aromatic heterocycles. The van der Waals surface area contributed by atoms with Gasteiger partial charge in [-0.3, -0.25) is 0 Å². The minimum absolute atomic E-state index is 0.667. The van der Waals surface area contributed by atoms with Crippen molar-refractivity contribution in [2.24, 2.45) is 11.3 Å². The first-order chi connectivity index (χ1) is 4.14. The maximum Gasteiger partial charge on any atom is -0.0351 e. The maximum absolute atomic E-state index is 2.39. The highest BCUT2D eigenvalue weighted by Crippen LogP contribution is 2.41. The van der Waals surface area contributed by atoms with E-state index in [1.165, 1.54) is 25.7 Å². The van der Waals surface area contributed by atoms with E-state index in [9.17, 15) is 0 Å². The van der Waals surface area contributed by atoms with Crippen LogP contribution in [0.25, 0.3) is 0 Å². The molecule has 0 aliphatic heterocycles. The highest BCUT2D eigenvalue weighted by atomic mass is 14.3. The summed E-state index contributed by atoms with van der Waals surface area (Å²) in [7, 11) is 0. The lowest BCUT2D eigenvalue weighted by Gasteiger charge is -2.15. The fourth-order valence-electron chi connectivity index (χ4n) is 1.93. The quantitative estimate of drug-likeness (QED) is 0.506. The third-order valence-electron chi connectivity index (χ3n) is 2.65. The van der Waals surface area contributed by atoms with E-state index >= 15 is 0 Å². The van der Waals surface area contributed by atoms with Gasteiger partial charge in [0.05, 0.1) is 0 Å². The highest BCUT2D eigenvalue weighted by Gasteiger charge is 2.29. The number of hydrogen-bond acceptors (Lipinski definition) is 0. The lowest BCUT2D eigenvalue weighted by molar-refractivity contribution is 0.358. The van der Waals surface area contributed by atoms with Crippen LogP contribution in [0.15, 0.2) is 0 Å². The highest BCUT2D eigenvalue weighted by molar-refractivity contribution is 4.80. The second kappa shape index (κ2) is 2.32. The molecule has 1 fully saturated rings. The van der Waals surface area contributed by atoms with E-state index in [1.54, 1.807) is 0 Å². The van der Waals surface area contributed by atoms with Crippen molar-refractivity contribution in [3.63, 3.8) is 0 Å². The minimum atomic E-state index is 0.667. The summed E-state index contributed by atoms with van der Waals surface area (Å²) in [6.45, 7) is 7.09. The van der Waals surface area contributed by atoms with Crippen molar-refractivity contribution in [3.8, 4) is 0 Å². The average Bonchev–Trinajstić information content (AvgIpc) is 2.10. The van der Waals surface area contributed by atoms with Crippen LogP contribution in [0.2, 0.25) is 0 Å². The molecule has 0 radical (unpaired) electrons. The van der Waals surface area contributed by atoms with Crippen molar-refractivity contribution in [1.82, 2.24) is 0 Å². The van der Waals surface area contributed by atoms with Crippen LogP contribution in [0.3, 0.4) is 0 Å².